The van der Waals surface area contributed by atoms with E-state index in [2.05, 4.69) is 20.0 Å². The molecule has 110 valence electrons. The summed E-state index contributed by atoms with van der Waals surface area (Å²) in [7, 11) is 0. The van der Waals surface area contributed by atoms with Crippen molar-refractivity contribution in [2.45, 2.75) is 18.4 Å². The Labute approximate surface area is 118 Å². The Balaban J connectivity index is 1.41. The van der Waals surface area contributed by atoms with Crippen molar-refractivity contribution in [3.63, 3.8) is 0 Å². The van der Waals surface area contributed by atoms with Crippen molar-refractivity contribution in [3.05, 3.63) is 0 Å². The highest BCUT2D eigenvalue weighted by atomic mass is 16.2. The van der Waals surface area contributed by atoms with Crippen molar-refractivity contribution in [1.82, 2.24) is 24.9 Å². The summed E-state index contributed by atoms with van der Waals surface area (Å²) in [6.45, 7) is 6.78. The van der Waals surface area contributed by atoms with Gasteiger partial charge >= 0.3 is 0 Å². The number of carbonyl (C=O) groups excluding carboxylic acids is 2. The van der Waals surface area contributed by atoms with Crippen molar-refractivity contribution in [2.75, 3.05) is 52.7 Å². The Kier molecular flexibility index (Phi) is 2.77. The van der Waals surface area contributed by atoms with Gasteiger partial charge in [0.15, 0.2) is 0 Å². The van der Waals surface area contributed by atoms with E-state index in [1.165, 1.54) is 0 Å². The van der Waals surface area contributed by atoms with Gasteiger partial charge in [0.05, 0.1) is 32.1 Å². The molecule has 7 nitrogen and oxygen atoms in total. The molecule has 5 aliphatic heterocycles. The summed E-state index contributed by atoms with van der Waals surface area (Å²) < 4.78 is 0. The van der Waals surface area contributed by atoms with Gasteiger partial charge < -0.3 is 10.2 Å². The fourth-order valence-electron chi connectivity index (χ4n) is 4.22. The van der Waals surface area contributed by atoms with Gasteiger partial charge in [-0.05, 0) is 6.42 Å². The second kappa shape index (κ2) is 4.41. The first-order valence-electron chi connectivity index (χ1n) is 7.38. The number of carbonyl (C=O) groups is 2. The molecule has 5 heterocycles. The summed E-state index contributed by atoms with van der Waals surface area (Å²) >= 11 is 0. The molecule has 0 saturated carbocycles. The summed E-state index contributed by atoms with van der Waals surface area (Å²) in [6.07, 6.45) is 1.47. The van der Waals surface area contributed by atoms with Crippen LogP contribution in [0.3, 0.4) is 0 Å². The molecular weight excluding hydrogens is 258 g/mol. The third-order valence-electron chi connectivity index (χ3n) is 4.69. The van der Waals surface area contributed by atoms with Gasteiger partial charge in [-0.15, -0.1) is 0 Å². The summed E-state index contributed by atoms with van der Waals surface area (Å²) in [5.74, 6) is 0.104. The van der Waals surface area contributed by atoms with Gasteiger partial charge in [0, 0.05) is 32.6 Å². The maximum Gasteiger partial charge on any atom is 0.240 e. The van der Waals surface area contributed by atoms with Crippen LogP contribution in [0.15, 0.2) is 0 Å². The first-order valence-corrected chi connectivity index (χ1v) is 7.38. The zero-order valence-corrected chi connectivity index (χ0v) is 11.7. The van der Waals surface area contributed by atoms with Gasteiger partial charge in [0.2, 0.25) is 11.8 Å². The molecule has 4 bridgehead atoms. The lowest BCUT2D eigenvalue weighted by Gasteiger charge is -2.60. The average Bonchev–Trinajstić information content (AvgIpc) is 2.72. The number of rotatable bonds is 3. The normalized spacial score (nSPS) is 42.3. The summed E-state index contributed by atoms with van der Waals surface area (Å²) in [4.78, 5) is 32.7. The molecule has 7 heteroatoms. The second-order valence-corrected chi connectivity index (χ2v) is 6.66. The third kappa shape index (κ3) is 2.10. The Morgan fingerprint density at radius 3 is 2.20 bits per heavy atom. The fraction of sp³-hybridized carbons (Fsp3) is 0.846. The molecule has 5 rings (SSSR count). The van der Waals surface area contributed by atoms with E-state index >= 15 is 0 Å². The molecule has 5 saturated heterocycles. The smallest absolute Gasteiger partial charge is 0.240 e. The predicted octanol–water partition coefficient (Wildman–Crippen LogP) is -1.72. The molecule has 5 fully saturated rings. The van der Waals surface area contributed by atoms with Crippen molar-refractivity contribution in [2.24, 2.45) is 0 Å². The Morgan fingerprint density at radius 1 is 1.10 bits per heavy atom. The van der Waals surface area contributed by atoms with E-state index in [1.54, 1.807) is 4.90 Å². The van der Waals surface area contributed by atoms with Crippen LogP contribution in [0.25, 0.3) is 0 Å². The molecule has 0 aromatic carbocycles. The molecule has 20 heavy (non-hydrogen) atoms. The minimum Gasteiger partial charge on any atom is -0.345 e. The highest BCUT2D eigenvalue weighted by molar-refractivity contribution is 5.86. The number of hydrogen-bond donors (Lipinski definition) is 1. The first-order chi connectivity index (χ1) is 9.62. The lowest BCUT2D eigenvalue weighted by molar-refractivity contribution is -0.158. The second-order valence-electron chi connectivity index (χ2n) is 6.66. The summed E-state index contributed by atoms with van der Waals surface area (Å²) in [5, 5.41) is 3.21. The summed E-state index contributed by atoms with van der Waals surface area (Å²) in [5.41, 5.74) is -0.144. The molecule has 0 aliphatic carbocycles. The lowest BCUT2D eigenvalue weighted by atomic mass is 9.91. The molecule has 0 atom stereocenters. The van der Waals surface area contributed by atoms with Crippen LogP contribution in [0, 0.1) is 0 Å². The van der Waals surface area contributed by atoms with Crippen molar-refractivity contribution in [1.29, 1.82) is 0 Å². The Hall–Kier alpha value is -1.18. The molecule has 0 unspecified atom stereocenters. The fourth-order valence-corrected chi connectivity index (χ4v) is 4.22. The standard InChI is InChI=1S/C13H21N5O2/c19-11(4-18-3-1-2-12(18)20)14-13-5-15-8-16(6-13)10-17(7-13)9-15/h1-10H2,(H,14,19). The van der Waals surface area contributed by atoms with E-state index in [-0.39, 0.29) is 23.9 Å². The van der Waals surface area contributed by atoms with E-state index in [0.717, 1.165) is 52.6 Å². The van der Waals surface area contributed by atoms with E-state index in [0.29, 0.717) is 6.42 Å². The number of likely N-dealkylation sites (tertiary alicyclic amines) is 1. The van der Waals surface area contributed by atoms with E-state index in [1.807, 2.05) is 0 Å². The zero-order valence-electron chi connectivity index (χ0n) is 11.7. The quantitative estimate of drug-likeness (QED) is 0.666. The van der Waals surface area contributed by atoms with Gasteiger partial charge in [-0.25, -0.2) is 0 Å². The van der Waals surface area contributed by atoms with Crippen molar-refractivity contribution >= 4 is 11.8 Å². The number of amides is 2. The predicted molar refractivity (Wildman–Crippen MR) is 71.4 cm³/mol. The van der Waals surface area contributed by atoms with Gasteiger partial charge in [0.1, 0.15) is 0 Å². The molecule has 0 aromatic rings. The van der Waals surface area contributed by atoms with Crippen LogP contribution in [0.4, 0.5) is 0 Å². The van der Waals surface area contributed by atoms with Crippen LogP contribution in [-0.4, -0.2) is 89.7 Å². The van der Waals surface area contributed by atoms with Crippen molar-refractivity contribution in [3.8, 4) is 0 Å². The monoisotopic (exact) mass is 279 g/mol. The van der Waals surface area contributed by atoms with Crippen LogP contribution in [-0.2, 0) is 9.59 Å². The molecule has 0 radical (unpaired) electrons. The van der Waals surface area contributed by atoms with Gasteiger partial charge in [-0.3, -0.25) is 24.3 Å². The highest BCUT2D eigenvalue weighted by Crippen LogP contribution is 2.28. The van der Waals surface area contributed by atoms with E-state index in [4.69, 9.17) is 0 Å². The average molecular weight is 279 g/mol. The number of nitrogens with zero attached hydrogens (tertiary/aromatic N) is 4. The molecule has 5 aliphatic rings. The van der Waals surface area contributed by atoms with Gasteiger partial charge in [-0.1, -0.05) is 0 Å². The van der Waals surface area contributed by atoms with Crippen LogP contribution in [0.2, 0.25) is 0 Å². The largest absolute Gasteiger partial charge is 0.345 e. The molecular formula is C13H21N5O2. The number of hydrogen-bond acceptors (Lipinski definition) is 5. The zero-order chi connectivity index (χ0) is 13.7. The summed E-state index contributed by atoms with van der Waals surface area (Å²) in [6, 6.07) is 0. The Morgan fingerprint density at radius 2 is 1.70 bits per heavy atom. The minimum atomic E-state index is -0.144. The Bertz CT molecular complexity index is 417. The van der Waals surface area contributed by atoms with Gasteiger partial charge in [0.25, 0.3) is 0 Å². The maximum atomic E-state index is 12.3. The van der Waals surface area contributed by atoms with Crippen LogP contribution < -0.4 is 5.32 Å². The van der Waals surface area contributed by atoms with Crippen LogP contribution >= 0.6 is 0 Å². The van der Waals surface area contributed by atoms with Crippen LogP contribution in [0.5, 0.6) is 0 Å². The highest BCUT2D eigenvalue weighted by Gasteiger charge is 2.49. The lowest BCUT2D eigenvalue weighted by Crippen LogP contribution is -2.80. The first kappa shape index (κ1) is 12.6. The number of nitrogens with one attached hydrogen (secondary N) is 1. The van der Waals surface area contributed by atoms with Crippen LogP contribution in [0.1, 0.15) is 12.8 Å². The van der Waals surface area contributed by atoms with Crippen molar-refractivity contribution < 1.29 is 9.59 Å². The topological polar surface area (TPSA) is 59.1 Å². The van der Waals surface area contributed by atoms with E-state index < -0.39 is 0 Å². The minimum absolute atomic E-state index is 0.00852. The molecule has 0 aromatic heterocycles. The molecule has 0 spiro atoms. The molecule has 1 N–H and O–H groups in total. The molecule has 2 amide bonds. The van der Waals surface area contributed by atoms with Gasteiger partial charge in [-0.2, -0.15) is 0 Å². The van der Waals surface area contributed by atoms with E-state index in [9.17, 15) is 9.59 Å². The SMILES string of the molecule is O=C(CN1CCCC1=O)NC12CN3CN(CN(C3)C1)C2. The third-order valence-corrected chi connectivity index (χ3v) is 4.69. The maximum absolute atomic E-state index is 12.3.